The quantitative estimate of drug-likeness (QED) is 0.450. The molecule has 0 aliphatic carbocycles. The zero-order valence-corrected chi connectivity index (χ0v) is 15.4. The summed E-state index contributed by atoms with van der Waals surface area (Å²) in [6.07, 6.45) is 2.85. The molecule has 0 saturated carbocycles. The standard InChI is InChI=1S/C18H23N3O6/c1-4-19-18(25)21-16(23)11-27-17(24)12(2)20-15(22)10-7-13-5-8-14(26-3)9-6-13/h5-10,12H,4,11H2,1-3H3,(H,20,22)(H2,19,21,23,25)/b10-7+/t12-/m0/s1. The molecule has 0 aromatic heterocycles. The zero-order chi connectivity index (χ0) is 20.2. The molecule has 1 atom stereocenters. The summed E-state index contributed by atoms with van der Waals surface area (Å²) >= 11 is 0. The number of esters is 1. The zero-order valence-electron chi connectivity index (χ0n) is 15.4. The molecule has 0 aliphatic rings. The van der Waals surface area contributed by atoms with Crippen molar-refractivity contribution in [2.24, 2.45) is 0 Å². The Morgan fingerprint density at radius 1 is 1.15 bits per heavy atom. The molecule has 9 heteroatoms. The van der Waals surface area contributed by atoms with Gasteiger partial charge in [-0.1, -0.05) is 12.1 Å². The number of carbonyl (C=O) groups excluding carboxylic acids is 4. The van der Waals surface area contributed by atoms with Crippen LogP contribution in [0.15, 0.2) is 30.3 Å². The van der Waals surface area contributed by atoms with Crippen molar-refractivity contribution in [3.8, 4) is 5.75 Å². The minimum Gasteiger partial charge on any atom is -0.497 e. The van der Waals surface area contributed by atoms with E-state index in [0.29, 0.717) is 12.3 Å². The van der Waals surface area contributed by atoms with Gasteiger partial charge in [-0.3, -0.25) is 14.9 Å². The second kappa shape index (κ2) is 11.3. The number of nitrogens with one attached hydrogen (secondary N) is 3. The molecule has 3 N–H and O–H groups in total. The first-order valence-corrected chi connectivity index (χ1v) is 8.22. The van der Waals surface area contributed by atoms with Gasteiger partial charge in [0.15, 0.2) is 6.61 Å². The van der Waals surface area contributed by atoms with Crippen molar-refractivity contribution in [1.82, 2.24) is 16.0 Å². The van der Waals surface area contributed by atoms with Gasteiger partial charge in [0.05, 0.1) is 7.11 Å². The van der Waals surface area contributed by atoms with Gasteiger partial charge in [-0.2, -0.15) is 0 Å². The summed E-state index contributed by atoms with van der Waals surface area (Å²) in [6.45, 7) is 2.84. The average Bonchev–Trinajstić information content (AvgIpc) is 2.64. The first-order valence-electron chi connectivity index (χ1n) is 8.22. The molecule has 9 nitrogen and oxygen atoms in total. The molecule has 1 aromatic rings. The SMILES string of the molecule is CCNC(=O)NC(=O)COC(=O)[C@H](C)NC(=O)/C=C/c1ccc(OC)cc1. The molecular formula is C18H23N3O6. The van der Waals surface area contributed by atoms with Gasteiger partial charge in [-0.05, 0) is 37.6 Å². The molecule has 0 aliphatic heterocycles. The molecular weight excluding hydrogens is 354 g/mol. The van der Waals surface area contributed by atoms with Crippen LogP contribution in [0.25, 0.3) is 6.08 Å². The number of benzene rings is 1. The Morgan fingerprint density at radius 2 is 1.81 bits per heavy atom. The van der Waals surface area contributed by atoms with Crippen LogP contribution < -0.4 is 20.7 Å². The summed E-state index contributed by atoms with van der Waals surface area (Å²) in [6, 6.07) is 5.41. The van der Waals surface area contributed by atoms with Gasteiger partial charge in [-0.15, -0.1) is 0 Å². The van der Waals surface area contributed by atoms with Crippen molar-refractivity contribution in [3.63, 3.8) is 0 Å². The first-order chi connectivity index (χ1) is 12.8. The highest BCUT2D eigenvalue weighted by Gasteiger charge is 2.17. The van der Waals surface area contributed by atoms with Gasteiger partial charge in [-0.25, -0.2) is 9.59 Å². The third-order valence-electron chi connectivity index (χ3n) is 3.19. The summed E-state index contributed by atoms with van der Waals surface area (Å²) < 4.78 is 9.79. The van der Waals surface area contributed by atoms with Gasteiger partial charge < -0.3 is 20.1 Å². The predicted molar refractivity (Wildman–Crippen MR) is 97.8 cm³/mol. The number of imide groups is 1. The Balaban J connectivity index is 2.40. The lowest BCUT2D eigenvalue weighted by molar-refractivity contribution is -0.150. The van der Waals surface area contributed by atoms with E-state index in [-0.39, 0.29) is 0 Å². The van der Waals surface area contributed by atoms with Crippen molar-refractivity contribution >= 4 is 29.9 Å². The van der Waals surface area contributed by atoms with Gasteiger partial charge in [0.25, 0.3) is 5.91 Å². The molecule has 1 rings (SSSR count). The van der Waals surface area contributed by atoms with Crippen LogP contribution in [-0.2, 0) is 19.1 Å². The molecule has 0 heterocycles. The Labute approximate surface area is 157 Å². The number of amides is 4. The monoisotopic (exact) mass is 377 g/mol. The third-order valence-corrected chi connectivity index (χ3v) is 3.19. The van der Waals surface area contributed by atoms with Crippen molar-refractivity contribution in [3.05, 3.63) is 35.9 Å². The van der Waals surface area contributed by atoms with Crippen LogP contribution in [0.3, 0.4) is 0 Å². The predicted octanol–water partition coefficient (Wildman–Crippen LogP) is 0.602. The van der Waals surface area contributed by atoms with E-state index < -0.39 is 36.5 Å². The van der Waals surface area contributed by atoms with E-state index in [1.165, 1.54) is 13.0 Å². The lowest BCUT2D eigenvalue weighted by Gasteiger charge is -2.12. The first kappa shape index (κ1) is 21.7. The summed E-state index contributed by atoms with van der Waals surface area (Å²) in [4.78, 5) is 46.2. The van der Waals surface area contributed by atoms with Gasteiger partial charge in [0.1, 0.15) is 11.8 Å². The number of rotatable bonds is 8. The number of methoxy groups -OCH3 is 1. The van der Waals surface area contributed by atoms with Gasteiger partial charge in [0, 0.05) is 12.6 Å². The summed E-state index contributed by atoms with van der Waals surface area (Å²) in [7, 11) is 1.56. The highest BCUT2D eigenvalue weighted by molar-refractivity contribution is 5.96. The Hall–Kier alpha value is -3.36. The second-order valence-electron chi connectivity index (χ2n) is 5.35. The number of hydrogen-bond acceptors (Lipinski definition) is 6. The van der Waals surface area contributed by atoms with E-state index in [1.807, 2.05) is 5.32 Å². The molecule has 0 fully saturated rings. The molecule has 0 saturated heterocycles. The molecule has 0 spiro atoms. The fourth-order valence-electron chi connectivity index (χ4n) is 1.84. The Bertz CT molecular complexity index is 700. The van der Waals surface area contributed by atoms with Crippen molar-refractivity contribution in [1.29, 1.82) is 0 Å². The van der Waals surface area contributed by atoms with Gasteiger partial charge in [0.2, 0.25) is 5.91 Å². The fourth-order valence-corrected chi connectivity index (χ4v) is 1.84. The highest BCUT2D eigenvalue weighted by atomic mass is 16.5. The fraction of sp³-hybridized carbons (Fsp3) is 0.333. The van der Waals surface area contributed by atoms with E-state index in [0.717, 1.165) is 5.56 Å². The van der Waals surface area contributed by atoms with E-state index in [1.54, 1.807) is 44.4 Å². The number of urea groups is 1. The van der Waals surface area contributed by atoms with E-state index >= 15 is 0 Å². The summed E-state index contributed by atoms with van der Waals surface area (Å²) in [5.41, 5.74) is 0.781. The number of hydrogen-bond donors (Lipinski definition) is 3. The molecule has 0 unspecified atom stereocenters. The molecule has 146 valence electrons. The smallest absolute Gasteiger partial charge is 0.328 e. The lowest BCUT2D eigenvalue weighted by Crippen LogP contribution is -2.43. The number of carbonyl (C=O) groups is 4. The molecule has 27 heavy (non-hydrogen) atoms. The highest BCUT2D eigenvalue weighted by Crippen LogP contribution is 2.12. The van der Waals surface area contributed by atoms with Crippen LogP contribution in [0, 0.1) is 0 Å². The van der Waals surface area contributed by atoms with E-state index in [2.05, 4.69) is 10.6 Å². The van der Waals surface area contributed by atoms with Crippen LogP contribution >= 0.6 is 0 Å². The van der Waals surface area contributed by atoms with Crippen LogP contribution in [0.4, 0.5) is 4.79 Å². The largest absolute Gasteiger partial charge is 0.497 e. The van der Waals surface area contributed by atoms with Crippen molar-refractivity contribution in [2.45, 2.75) is 19.9 Å². The van der Waals surface area contributed by atoms with Crippen LogP contribution in [-0.4, -0.2) is 50.1 Å². The Morgan fingerprint density at radius 3 is 2.41 bits per heavy atom. The van der Waals surface area contributed by atoms with E-state index in [4.69, 9.17) is 9.47 Å². The van der Waals surface area contributed by atoms with Crippen LogP contribution in [0.5, 0.6) is 5.75 Å². The normalized spacial score (nSPS) is 11.4. The minimum absolute atomic E-state index is 0.353. The summed E-state index contributed by atoms with van der Waals surface area (Å²) in [5, 5.41) is 6.77. The maximum absolute atomic E-state index is 11.8. The minimum atomic E-state index is -0.963. The summed E-state index contributed by atoms with van der Waals surface area (Å²) in [5.74, 6) is -1.37. The topological polar surface area (TPSA) is 123 Å². The molecule has 0 radical (unpaired) electrons. The Kier molecular flexibility index (Phi) is 9.07. The van der Waals surface area contributed by atoms with E-state index in [9.17, 15) is 19.2 Å². The van der Waals surface area contributed by atoms with Crippen molar-refractivity contribution in [2.75, 3.05) is 20.3 Å². The average molecular weight is 377 g/mol. The molecule has 0 bridgehead atoms. The number of ether oxygens (including phenoxy) is 2. The third kappa shape index (κ3) is 8.52. The lowest BCUT2D eigenvalue weighted by atomic mass is 10.2. The van der Waals surface area contributed by atoms with Crippen LogP contribution in [0.1, 0.15) is 19.4 Å². The van der Waals surface area contributed by atoms with Crippen LogP contribution in [0.2, 0.25) is 0 Å². The van der Waals surface area contributed by atoms with Gasteiger partial charge >= 0.3 is 12.0 Å². The molecule has 4 amide bonds. The molecule has 1 aromatic carbocycles. The second-order valence-corrected chi connectivity index (χ2v) is 5.35. The maximum Gasteiger partial charge on any atom is 0.328 e. The maximum atomic E-state index is 11.8. The van der Waals surface area contributed by atoms with Crippen molar-refractivity contribution < 1.29 is 28.7 Å².